The van der Waals surface area contributed by atoms with E-state index in [1.54, 1.807) is 44.4 Å². The monoisotopic (exact) mass is 414 g/mol. The van der Waals surface area contributed by atoms with Gasteiger partial charge in [0.05, 0.1) is 31.7 Å². The number of hydrogen-bond acceptors (Lipinski definition) is 9. The number of aliphatic hydroxyl groups is 1. The number of nitro benzene ring substituents is 1. The van der Waals surface area contributed by atoms with Crippen molar-refractivity contribution >= 4 is 11.7 Å². The Balaban J connectivity index is 1.90. The minimum absolute atomic E-state index is 0.0280. The van der Waals surface area contributed by atoms with Crippen molar-refractivity contribution < 1.29 is 24.3 Å². The molecule has 2 N–H and O–H groups in total. The molecule has 3 rings (SSSR count). The molecule has 1 aliphatic heterocycles. The molecule has 0 atom stereocenters. The highest BCUT2D eigenvalue weighted by molar-refractivity contribution is 5.88. The molecule has 0 spiro atoms. The molecule has 1 aliphatic rings. The van der Waals surface area contributed by atoms with Crippen LogP contribution in [0.3, 0.4) is 0 Å². The predicted octanol–water partition coefficient (Wildman–Crippen LogP) is 2.63. The number of esters is 1. The predicted molar refractivity (Wildman–Crippen MR) is 107 cm³/mol. The van der Waals surface area contributed by atoms with E-state index < -0.39 is 10.9 Å². The van der Waals surface area contributed by atoms with Crippen molar-refractivity contribution in [2.45, 2.75) is 20.0 Å². The molecule has 10 heteroatoms. The van der Waals surface area contributed by atoms with Gasteiger partial charge in [0.15, 0.2) is 5.70 Å². The molecule has 0 fully saturated rings. The van der Waals surface area contributed by atoms with Crippen LogP contribution >= 0.6 is 0 Å². The van der Waals surface area contributed by atoms with Gasteiger partial charge in [-0.3, -0.25) is 20.5 Å². The summed E-state index contributed by atoms with van der Waals surface area (Å²) in [5.74, 6) is -0.371. The molecule has 0 unspecified atom stereocenters. The summed E-state index contributed by atoms with van der Waals surface area (Å²) < 4.78 is 10.1. The summed E-state index contributed by atoms with van der Waals surface area (Å²) >= 11 is 0. The van der Waals surface area contributed by atoms with Crippen LogP contribution in [0, 0.1) is 10.1 Å². The van der Waals surface area contributed by atoms with Crippen LogP contribution in [0.2, 0.25) is 0 Å². The fourth-order valence-corrected chi connectivity index (χ4v) is 3.00. The molecule has 10 nitrogen and oxygen atoms in total. The number of nitrogens with zero attached hydrogens (tertiary/aromatic N) is 3. The third-order valence-corrected chi connectivity index (χ3v) is 4.48. The highest BCUT2D eigenvalue weighted by Gasteiger charge is 2.35. The quantitative estimate of drug-likeness (QED) is 0.382. The lowest BCUT2D eigenvalue weighted by molar-refractivity contribution is -0.385. The second-order valence-corrected chi connectivity index (χ2v) is 6.38. The lowest BCUT2D eigenvalue weighted by atomic mass is 10.2. The number of benzene rings is 2. The van der Waals surface area contributed by atoms with Crippen molar-refractivity contribution in [2.75, 3.05) is 13.7 Å². The molecule has 158 valence electrons. The van der Waals surface area contributed by atoms with Gasteiger partial charge in [-0.15, -0.1) is 5.12 Å². The zero-order valence-corrected chi connectivity index (χ0v) is 16.6. The maximum atomic E-state index is 12.2. The molecule has 0 bridgehead atoms. The first-order valence-corrected chi connectivity index (χ1v) is 9.21. The summed E-state index contributed by atoms with van der Waals surface area (Å²) in [5, 5.41) is 24.9. The number of methoxy groups -OCH3 is 1. The molecule has 1 heterocycles. The number of ether oxygens (including phenoxy) is 2. The van der Waals surface area contributed by atoms with Crippen molar-refractivity contribution in [1.82, 2.24) is 15.6 Å². The zero-order chi connectivity index (χ0) is 21.7. The van der Waals surface area contributed by atoms with E-state index in [-0.39, 0.29) is 37.0 Å². The Kier molecular flexibility index (Phi) is 6.38. The lowest BCUT2D eigenvalue weighted by Crippen LogP contribution is -2.43. The van der Waals surface area contributed by atoms with E-state index in [1.165, 1.54) is 16.2 Å². The number of nitrogens with one attached hydrogen (secondary N) is 1. The zero-order valence-electron chi connectivity index (χ0n) is 16.6. The van der Waals surface area contributed by atoms with Gasteiger partial charge in [-0.1, -0.05) is 30.3 Å². The summed E-state index contributed by atoms with van der Waals surface area (Å²) in [7, 11) is 1.56. The van der Waals surface area contributed by atoms with Gasteiger partial charge in [-0.2, -0.15) is 0 Å². The van der Waals surface area contributed by atoms with Gasteiger partial charge in [-0.25, -0.2) is 4.79 Å². The molecular weight excluding hydrogens is 392 g/mol. The highest BCUT2D eigenvalue weighted by atomic mass is 16.6. The minimum Gasteiger partial charge on any atom is -0.497 e. The van der Waals surface area contributed by atoms with Crippen LogP contribution in [0.1, 0.15) is 18.1 Å². The second kappa shape index (κ2) is 9.14. The smallest absolute Gasteiger partial charge is 0.361 e. The van der Waals surface area contributed by atoms with Crippen LogP contribution in [0.4, 0.5) is 5.69 Å². The van der Waals surface area contributed by atoms with Crippen LogP contribution in [-0.4, -0.2) is 39.8 Å². The molecule has 30 heavy (non-hydrogen) atoms. The summed E-state index contributed by atoms with van der Waals surface area (Å²) in [4.78, 5) is 23.1. The fraction of sp³-hybridized carbons (Fsp3) is 0.250. The largest absolute Gasteiger partial charge is 0.497 e. The molecule has 2 aromatic carbocycles. The number of nitro groups is 1. The molecule has 0 radical (unpaired) electrons. The summed E-state index contributed by atoms with van der Waals surface area (Å²) in [5.41, 5.74) is 3.83. The maximum Gasteiger partial charge on any atom is 0.361 e. The SMILES string of the molecule is CCOC(=O)C1=C(O)N(Cc2ccc(OC)cc2)N(Cc2ccccc2[N+](=O)[O-])N1. The van der Waals surface area contributed by atoms with Gasteiger partial charge in [0.1, 0.15) is 5.75 Å². The van der Waals surface area contributed by atoms with Crippen molar-refractivity contribution in [3.63, 3.8) is 0 Å². The molecule has 2 aromatic rings. The van der Waals surface area contributed by atoms with Gasteiger partial charge in [0.25, 0.3) is 5.69 Å². The van der Waals surface area contributed by atoms with Crippen molar-refractivity contribution in [1.29, 1.82) is 0 Å². The first-order valence-electron chi connectivity index (χ1n) is 9.21. The molecular formula is C20H22N4O6. The topological polar surface area (TPSA) is 117 Å². The van der Waals surface area contributed by atoms with E-state index in [0.717, 1.165) is 5.56 Å². The Morgan fingerprint density at radius 2 is 1.87 bits per heavy atom. The van der Waals surface area contributed by atoms with Gasteiger partial charge < -0.3 is 14.6 Å². The van der Waals surface area contributed by atoms with E-state index in [9.17, 15) is 20.0 Å². The minimum atomic E-state index is -0.722. The summed E-state index contributed by atoms with van der Waals surface area (Å²) in [6.45, 7) is 2.03. The standard InChI is InChI=1S/C20H22N4O6/c1-3-30-20(26)18-19(25)22(12-14-8-10-16(29-2)11-9-14)23(21-18)13-15-6-4-5-7-17(15)24(27)28/h4-11,21,25H,3,12-13H2,1-2H3. The number of hydrogen-bond donors (Lipinski definition) is 2. The van der Waals surface area contributed by atoms with Crippen molar-refractivity contribution in [2.24, 2.45) is 0 Å². The normalized spacial score (nSPS) is 13.9. The molecule has 0 aromatic heterocycles. The lowest BCUT2D eigenvalue weighted by Gasteiger charge is -2.29. The Morgan fingerprint density at radius 1 is 1.17 bits per heavy atom. The van der Waals surface area contributed by atoms with Crippen molar-refractivity contribution in [3.05, 3.63) is 81.4 Å². The Hall–Kier alpha value is -3.79. The average Bonchev–Trinajstić information content (AvgIpc) is 3.04. The highest BCUT2D eigenvalue weighted by Crippen LogP contribution is 2.26. The van der Waals surface area contributed by atoms with E-state index >= 15 is 0 Å². The van der Waals surface area contributed by atoms with Crippen LogP contribution < -0.4 is 10.2 Å². The third-order valence-electron chi connectivity index (χ3n) is 4.48. The molecule has 0 amide bonds. The number of aliphatic hydroxyl groups excluding tert-OH is 1. The average molecular weight is 414 g/mol. The van der Waals surface area contributed by atoms with Crippen LogP contribution in [-0.2, 0) is 22.6 Å². The van der Waals surface area contributed by atoms with Crippen molar-refractivity contribution in [3.8, 4) is 5.75 Å². The molecule has 0 aliphatic carbocycles. The molecule has 0 saturated heterocycles. The molecule has 0 saturated carbocycles. The Bertz CT molecular complexity index is 960. The second-order valence-electron chi connectivity index (χ2n) is 6.38. The van der Waals surface area contributed by atoms with E-state index in [1.807, 2.05) is 12.1 Å². The summed E-state index contributed by atoms with van der Waals surface area (Å²) in [6, 6.07) is 13.5. The van der Waals surface area contributed by atoms with Crippen LogP contribution in [0.25, 0.3) is 0 Å². The number of rotatable bonds is 8. The van der Waals surface area contributed by atoms with E-state index in [2.05, 4.69) is 5.43 Å². The number of carbonyl (C=O) groups is 1. The van der Waals surface area contributed by atoms with Gasteiger partial charge in [0, 0.05) is 11.6 Å². The van der Waals surface area contributed by atoms with Crippen LogP contribution in [0.15, 0.2) is 60.1 Å². The fourth-order valence-electron chi connectivity index (χ4n) is 3.00. The van der Waals surface area contributed by atoms with E-state index in [0.29, 0.717) is 11.3 Å². The first-order chi connectivity index (χ1) is 14.4. The van der Waals surface area contributed by atoms with Gasteiger partial charge in [0.2, 0.25) is 5.88 Å². The number of carbonyl (C=O) groups excluding carboxylic acids is 1. The van der Waals surface area contributed by atoms with Crippen LogP contribution in [0.5, 0.6) is 5.75 Å². The Labute approximate surface area is 173 Å². The van der Waals surface area contributed by atoms with Gasteiger partial charge in [-0.05, 0) is 24.6 Å². The number of para-hydroxylation sites is 1. The van der Waals surface area contributed by atoms with E-state index in [4.69, 9.17) is 9.47 Å². The summed E-state index contributed by atoms with van der Waals surface area (Å²) in [6.07, 6.45) is 0. The third kappa shape index (κ3) is 4.44. The number of hydrazine groups is 2. The Morgan fingerprint density at radius 3 is 2.50 bits per heavy atom. The maximum absolute atomic E-state index is 12.2. The van der Waals surface area contributed by atoms with Gasteiger partial charge >= 0.3 is 5.97 Å². The first kappa shape index (κ1) is 20.9.